The van der Waals surface area contributed by atoms with Crippen LogP contribution in [0.4, 0.5) is 0 Å². The maximum Gasteiger partial charge on any atom is 0.274 e. The van der Waals surface area contributed by atoms with Crippen molar-refractivity contribution in [3.63, 3.8) is 0 Å². The van der Waals surface area contributed by atoms with Gasteiger partial charge in [-0.1, -0.05) is 12.1 Å². The Morgan fingerprint density at radius 3 is 2.56 bits per heavy atom. The fraction of sp³-hybridized carbons (Fsp3) is 0.389. The van der Waals surface area contributed by atoms with Crippen molar-refractivity contribution in [2.24, 2.45) is 0 Å². The molecule has 25 heavy (non-hydrogen) atoms. The minimum Gasteiger partial charge on any atom is -0.298 e. The van der Waals surface area contributed by atoms with Gasteiger partial charge in [0.15, 0.2) is 5.82 Å². The number of nitrogens with one attached hydrogen (secondary N) is 1. The van der Waals surface area contributed by atoms with Crippen molar-refractivity contribution in [1.29, 1.82) is 0 Å². The molecule has 1 N–H and O–H groups in total. The maximum absolute atomic E-state index is 12.4. The SMILES string of the molecule is Cc1ccc(-c2nc3nc(CN4CCCC4)cc(=O)n3[nH]2)cc1C.Cl. The predicted octanol–water partition coefficient (Wildman–Crippen LogP) is 2.72. The topological polar surface area (TPSA) is 66.3 Å². The van der Waals surface area contributed by atoms with Crippen molar-refractivity contribution >= 4 is 18.2 Å². The molecule has 7 heteroatoms. The average molecular weight is 360 g/mol. The summed E-state index contributed by atoms with van der Waals surface area (Å²) < 4.78 is 1.41. The van der Waals surface area contributed by atoms with E-state index in [0.717, 1.165) is 30.9 Å². The first-order valence-electron chi connectivity index (χ1n) is 8.39. The van der Waals surface area contributed by atoms with Crippen molar-refractivity contribution in [2.45, 2.75) is 33.2 Å². The van der Waals surface area contributed by atoms with Crippen LogP contribution < -0.4 is 5.56 Å². The van der Waals surface area contributed by atoms with Gasteiger partial charge in [0.25, 0.3) is 11.3 Å². The van der Waals surface area contributed by atoms with Crippen molar-refractivity contribution in [3.05, 3.63) is 51.4 Å². The van der Waals surface area contributed by atoms with E-state index in [1.807, 2.05) is 6.07 Å². The molecule has 2 aromatic heterocycles. The van der Waals surface area contributed by atoms with Crippen LogP contribution in [0.15, 0.2) is 29.1 Å². The molecule has 6 nitrogen and oxygen atoms in total. The molecule has 3 heterocycles. The zero-order valence-corrected chi connectivity index (χ0v) is 15.3. The molecule has 0 spiro atoms. The Bertz CT molecular complexity index is 956. The summed E-state index contributed by atoms with van der Waals surface area (Å²) in [5, 5.41) is 3.06. The number of aryl methyl sites for hydroxylation is 2. The zero-order valence-electron chi connectivity index (χ0n) is 14.5. The highest BCUT2D eigenvalue weighted by Crippen LogP contribution is 2.19. The van der Waals surface area contributed by atoms with Crippen LogP contribution in [0.2, 0.25) is 0 Å². The number of likely N-dealkylation sites (tertiary alicyclic amines) is 1. The second kappa shape index (κ2) is 6.98. The van der Waals surface area contributed by atoms with Crippen LogP contribution in [-0.4, -0.2) is 37.6 Å². The predicted molar refractivity (Wildman–Crippen MR) is 100 cm³/mol. The lowest BCUT2D eigenvalue weighted by Crippen LogP contribution is -2.22. The fourth-order valence-corrected chi connectivity index (χ4v) is 3.20. The van der Waals surface area contributed by atoms with E-state index in [1.54, 1.807) is 6.07 Å². The number of H-pyrrole nitrogens is 1. The Hall–Kier alpha value is -2.18. The number of rotatable bonds is 3. The normalized spacial score (nSPS) is 14.8. The summed E-state index contributed by atoms with van der Waals surface area (Å²) in [4.78, 5) is 23.8. The molecule has 0 aliphatic carbocycles. The number of halogens is 1. The van der Waals surface area contributed by atoms with Crippen LogP contribution in [0.1, 0.15) is 29.7 Å². The molecule has 1 fully saturated rings. The molecule has 0 bridgehead atoms. The van der Waals surface area contributed by atoms with Crippen molar-refractivity contribution in [1.82, 2.24) is 24.5 Å². The summed E-state index contributed by atoms with van der Waals surface area (Å²) in [6, 6.07) is 7.75. The first-order valence-corrected chi connectivity index (χ1v) is 8.39. The van der Waals surface area contributed by atoms with Crippen molar-refractivity contribution in [2.75, 3.05) is 13.1 Å². The van der Waals surface area contributed by atoms with Gasteiger partial charge in [-0.3, -0.25) is 14.8 Å². The Morgan fingerprint density at radius 2 is 1.84 bits per heavy atom. The van der Waals surface area contributed by atoms with E-state index < -0.39 is 0 Å². The molecule has 4 rings (SSSR count). The molecular weight excluding hydrogens is 338 g/mol. The second-order valence-electron chi connectivity index (χ2n) is 6.58. The Labute approximate surface area is 152 Å². The fourth-order valence-electron chi connectivity index (χ4n) is 3.20. The molecule has 1 aromatic carbocycles. The molecule has 1 aliphatic heterocycles. The standard InChI is InChI=1S/C18H21N5O.ClH/c1-12-5-6-14(9-13(12)2)17-20-18-19-15(10-16(24)23(18)21-17)11-22-7-3-4-8-22;/h5-6,9-10H,3-4,7-8,11H2,1-2H3,(H,19,20,21);1H. The Morgan fingerprint density at radius 1 is 1.08 bits per heavy atom. The number of aromatic amines is 1. The van der Waals surface area contributed by atoms with E-state index >= 15 is 0 Å². The summed E-state index contributed by atoms with van der Waals surface area (Å²) in [5.74, 6) is 1.10. The molecule has 1 aliphatic rings. The van der Waals surface area contributed by atoms with Gasteiger partial charge < -0.3 is 0 Å². The minimum atomic E-state index is -0.114. The van der Waals surface area contributed by atoms with E-state index in [4.69, 9.17) is 0 Å². The van der Waals surface area contributed by atoms with Gasteiger partial charge in [0.05, 0.1) is 5.69 Å². The highest BCUT2D eigenvalue weighted by Gasteiger charge is 2.15. The number of fused-ring (bicyclic) bond motifs is 1. The third-order valence-electron chi connectivity index (χ3n) is 4.75. The maximum atomic E-state index is 12.4. The molecule has 0 amide bonds. The molecule has 3 aromatic rings. The van der Waals surface area contributed by atoms with Crippen LogP contribution in [0.3, 0.4) is 0 Å². The highest BCUT2D eigenvalue weighted by atomic mass is 35.5. The second-order valence-corrected chi connectivity index (χ2v) is 6.58. The minimum absolute atomic E-state index is 0. The quantitative estimate of drug-likeness (QED) is 0.780. The molecule has 0 atom stereocenters. The van der Waals surface area contributed by atoms with Crippen molar-refractivity contribution < 1.29 is 0 Å². The first-order chi connectivity index (χ1) is 11.6. The van der Waals surface area contributed by atoms with E-state index in [1.165, 1.54) is 28.5 Å². The summed E-state index contributed by atoms with van der Waals surface area (Å²) in [6.07, 6.45) is 2.45. The molecular formula is C18H22ClN5O. The molecule has 0 unspecified atom stereocenters. The van der Waals surface area contributed by atoms with Gasteiger partial charge >= 0.3 is 0 Å². The van der Waals surface area contributed by atoms with Gasteiger partial charge in [-0.15, -0.1) is 12.4 Å². The summed E-state index contributed by atoms with van der Waals surface area (Å²) in [6.45, 7) is 7.02. The van der Waals surface area contributed by atoms with E-state index in [2.05, 4.69) is 45.9 Å². The van der Waals surface area contributed by atoms with Crippen LogP contribution in [0.5, 0.6) is 0 Å². The lowest BCUT2D eigenvalue weighted by molar-refractivity contribution is 0.327. The van der Waals surface area contributed by atoms with Gasteiger partial charge in [0.1, 0.15) is 0 Å². The zero-order chi connectivity index (χ0) is 16.7. The number of benzene rings is 1. The summed E-state index contributed by atoms with van der Waals surface area (Å²) in [7, 11) is 0. The highest BCUT2D eigenvalue weighted by molar-refractivity contribution is 5.85. The molecule has 132 valence electrons. The number of nitrogens with zero attached hydrogens (tertiary/aromatic N) is 4. The van der Waals surface area contributed by atoms with Crippen LogP contribution >= 0.6 is 12.4 Å². The van der Waals surface area contributed by atoms with Crippen LogP contribution in [0.25, 0.3) is 17.2 Å². The van der Waals surface area contributed by atoms with E-state index in [-0.39, 0.29) is 18.0 Å². The van der Waals surface area contributed by atoms with E-state index in [9.17, 15) is 4.79 Å². The number of hydrogen-bond acceptors (Lipinski definition) is 4. The van der Waals surface area contributed by atoms with E-state index in [0.29, 0.717) is 11.6 Å². The smallest absolute Gasteiger partial charge is 0.274 e. The van der Waals surface area contributed by atoms with Crippen molar-refractivity contribution in [3.8, 4) is 11.4 Å². The Kier molecular flexibility index (Phi) is 4.92. The third kappa shape index (κ3) is 3.45. The molecule has 1 saturated heterocycles. The summed E-state index contributed by atoms with van der Waals surface area (Å²) >= 11 is 0. The number of hydrogen-bond donors (Lipinski definition) is 1. The van der Waals surface area contributed by atoms with Gasteiger partial charge in [-0.05, 0) is 57.0 Å². The third-order valence-corrected chi connectivity index (χ3v) is 4.75. The monoisotopic (exact) mass is 359 g/mol. The summed E-state index contributed by atoms with van der Waals surface area (Å²) in [5.41, 5.74) is 4.07. The Balaban J connectivity index is 0.00000182. The lowest BCUT2D eigenvalue weighted by atomic mass is 10.1. The molecule has 0 saturated carbocycles. The first kappa shape index (κ1) is 17.6. The average Bonchev–Trinajstić information content (AvgIpc) is 3.19. The van der Waals surface area contributed by atoms with Gasteiger partial charge in [-0.2, -0.15) is 9.50 Å². The van der Waals surface area contributed by atoms with Gasteiger partial charge in [-0.25, -0.2) is 4.98 Å². The van der Waals surface area contributed by atoms with Crippen LogP contribution in [-0.2, 0) is 6.54 Å². The van der Waals surface area contributed by atoms with Gasteiger partial charge in [0, 0.05) is 18.2 Å². The van der Waals surface area contributed by atoms with Gasteiger partial charge in [0.2, 0.25) is 0 Å². The largest absolute Gasteiger partial charge is 0.298 e. The molecule has 0 radical (unpaired) electrons. The van der Waals surface area contributed by atoms with Crippen LogP contribution in [0, 0.1) is 13.8 Å². The number of aromatic nitrogens is 4. The lowest BCUT2D eigenvalue weighted by Gasteiger charge is -2.12.